The Morgan fingerprint density at radius 2 is 1.78 bits per heavy atom. The molecule has 0 amide bonds. The minimum atomic E-state index is -0.106. The first-order valence-electron chi connectivity index (χ1n) is 7.00. The molecule has 2 rings (SSSR count). The van der Waals surface area contributed by atoms with Crippen molar-refractivity contribution in [3.05, 3.63) is 16.1 Å². The number of aromatic nitrogens is 1. The summed E-state index contributed by atoms with van der Waals surface area (Å²) in [4.78, 5) is 4.88. The van der Waals surface area contributed by atoms with Gasteiger partial charge in [0, 0.05) is 17.9 Å². The third kappa shape index (κ3) is 2.77. The number of rotatable bonds is 2. The van der Waals surface area contributed by atoms with Crippen LogP contribution in [0.1, 0.15) is 70.0 Å². The average molecular weight is 267 g/mol. The highest BCUT2D eigenvalue weighted by Gasteiger charge is 2.36. The lowest BCUT2D eigenvalue weighted by Gasteiger charge is -2.29. The van der Waals surface area contributed by atoms with Crippen LogP contribution in [0.2, 0.25) is 0 Å². The van der Waals surface area contributed by atoms with Gasteiger partial charge in [0.15, 0.2) is 0 Å². The number of methoxy groups -OCH3 is 1. The average Bonchev–Trinajstić information content (AvgIpc) is 2.70. The molecule has 0 bridgehead atoms. The van der Waals surface area contributed by atoms with Gasteiger partial charge in [0.05, 0.1) is 5.69 Å². The van der Waals surface area contributed by atoms with E-state index >= 15 is 0 Å². The van der Waals surface area contributed by atoms with Crippen molar-refractivity contribution in [3.8, 4) is 0 Å². The molecular weight excluding hydrogens is 242 g/mol. The van der Waals surface area contributed by atoms with Crippen molar-refractivity contribution in [1.82, 2.24) is 4.98 Å². The van der Waals surface area contributed by atoms with Crippen molar-refractivity contribution in [3.63, 3.8) is 0 Å². The van der Waals surface area contributed by atoms with Crippen LogP contribution in [-0.4, -0.2) is 12.1 Å². The molecule has 1 aromatic rings. The second-order valence-corrected chi connectivity index (χ2v) is 7.26. The van der Waals surface area contributed by atoms with E-state index in [1.165, 1.54) is 36.4 Å². The Balaban J connectivity index is 2.29. The van der Waals surface area contributed by atoms with Crippen LogP contribution in [-0.2, 0) is 15.8 Å². The Hall–Kier alpha value is -0.410. The van der Waals surface area contributed by atoms with Crippen molar-refractivity contribution in [2.24, 2.45) is 0 Å². The molecule has 0 aromatic carbocycles. The zero-order chi connectivity index (χ0) is 13.2. The first kappa shape index (κ1) is 14.0. The quantitative estimate of drug-likeness (QED) is 0.728. The minimum absolute atomic E-state index is 0.106. The summed E-state index contributed by atoms with van der Waals surface area (Å²) in [6, 6.07) is 0. The lowest BCUT2D eigenvalue weighted by Crippen LogP contribution is -2.28. The van der Waals surface area contributed by atoms with Crippen LogP contribution in [0.4, 0.5) is 0 Å². The zero-order valence-electron chi connectivity index (χ0n) is 12.1. The molecule has 0 atom stereocenters. The van der Waals surface area contributed by atoms with Gasteiger partial charge in [-0.3, -0.25) is 0 Å². The van der Waals surface area contributed by atoms with Gasteiger partial charge in [-0.05, 0) is 12.8 Å². The van der Waals surface area contributed by atoms with Crippen LogP contribution in [0.15, 0.2) is 5.38 Å². The van der Waals surface area contributed by atoms with Gasteiger partial charge in [0.1, 0.15) is 10.6 Å². The van der Waals surface area contributed by atoms with Crippen LogP contribution in [0.25, 0.3) is 0 Å². The summed E-state index contributed by atoms with van der Waals surface area (Å²) in [5.74, 6) is 0. The molecule has 1 aliphatic carbocycles. The highest BCUT2D eigenvalue weighted by Crippen LogP contribution is 2.41. The van der Waals surface area contributed by atoms with Gasteiger partial charge < -0.3 is 4.74 Å². The molecule has 1 saturated carbocycles. The van der Waals surface area contributed by atoms with E-state index in [4.69, 9.17) is 9.72 Å². The molecule has 102 valence electrons. The number of hydrogen-bond acceptors (Lipinski definition) is 3. The fraction of sp³-hybridized carbons (Fsp3) is 0.800. The summed E-state index contributed by atoms with van der Waals surface area (Å²) in [5.41, 5.74) is 1.22. The number of hydrogen-bond donors (Lipinski definition) is 0. The summed E-state index contributed by atoms with van der Waals surface area (Å²) in [6.07, 6.45) is 7.45. The smallest absolute Gasteiger partial charge is 0.125 e. The van der Waals surface area contributed by atoms with Gasteiger partial charge in [-0.25, -0.2) is 4.98 Å². The Morgan fingerprint density at radius 3 is 2.22 bits per heavy atom. The molecule has 1 heterocycles. The fourth-order valence-electron chi connectivity index (χ4n) is 2.63. The maximum Gasteiger partial charge on any atom is 0.125 e. The highest BCUT2D eigenvalue weighted by atomic mass is 32.1. The highest BCUT2D eigenvalue weighted by molar-refractivity contribution is 7.09. The van der Waals surface area contributed by atoms with Crippen LogP contribution < -0.4 is 0 Å². The lowest BCUT2D eigenvalue weighted by molar-refractivity contribution is -0.0281. The van der Waals surface area contributed by atoms with E-state index < -0.39 is 0 Å². The van der Waals surface area contributed by atoms with Crippen molar-refractivity contribution < 1.29 is 4.74 Å². The monoisotopic (exact) mass is 267 g/mol. The third-order valence-corrected chi connectivity index (χ3v) is 4.99. The predicted molar refractivity (Wildman–Crippen MR) is 77.2 cm³/mol. The molecule has 0 spiro atoms. The summed E-state index contributed by atoms with van der Waals surface area (Å²) in [6.45, 7) is 6.66. The maximum absolute atomic E-state index is 5.92. The van der Waals surface area contributed by atoms with Crippen molar-refractivity contribution in [2.45, 2.75) is 70.3 Å². The Morgan fingerprint density at radius 1 is 1.17 bits per heavy atom. The molecular formula is C15H25NOS. The largest absolute Gasteiger partial charge is 0.371 e. The number of thiazole rings is 1. The molecule has 1 aliphatic rings. The second-order valence-electron chi connectivity index (χ2n) is 6.40. The van der Waals surface area contributed by atoms with Gasteiger partial charge in [0.25, 0.3) is 0 Å². The summed E-state index contributed by atoms with van der Waals surface area (Å²) < 4.78 is 5.92. The molecule has 2 nitrogen and oxygen atoms in total. The van der Waals surface area contributed by atoms with E-state index in [9.17, 15) is 0 Å². The van der Waals surface area contributed by atoms with Gasteiger partial charge >= 0.3 is 0 Å². The van der Waals surface area contributed by atoms with E-state index in [0.29, 0.717) is 0 Å². The number of ether oxygens (including phenoxy) is 1. The molecule has 0 unspecified atom stereocenters. The van der Waals surface area contributed by atoms with E-state index in [2.05, 4.69) is 26.2 Å². The molecule has 3 heteroatoms. The van der Waals surface area contributed by atoms with Gasteiger partial charge in [-0.2, -0.15) is 0 Å². The Kier molecular flexibility index (Phi) is 4.12. The van der Waals surface area contributed by atoms with Crippen LogP contribution in [0.5, 0.6) is 0 Å². The van der Waals surface area contributed by atoms with Crippen molar-refractivity contribution in [1.29, 1.82) is 0 Å². The lowest BCUT2D eigenvalue weighted by atomic mass is 9.92. The molecule has 0 saturated heterocycles. The Labute approximate surface area is 115 Å². The standard InChI is InChI=1S/C15H25NOS/c1-14(2,3)12-11-18-13(16-12)15(17-4)9-7-5-6-8-10-15/h11H,5-10H2,1-4H3. The summed E-state index contributed by atoms with van der Waals surface area (Å²) in [7, 11) is 1.85. The van der Waals surface area contributed by atoms with Gasteiger partial charge in [0.2, 0.25) is 0 Å². The van der Waals surface area contributed by atoms with Crippen molar-refractivity contribution >= 4 is 11.3 Å². The van der Waals surface area contributed by atoms with Crippen LogP contribution >= 0.6 is 11.3 Å². The molecule has 0 N–H and O–H groups in total. The van der Waals surface area contributed by atoms with Crippen LogP contribution in [0.3, 0.4) is 0 Å². The van der Waals surface area contributed by atoms with E-state index in [0.717, 1.165) is 12.8 Å². The topological polar surface area (TPSA) is 22.1 Å². The van der Waals surface area contributed by atoms with Crippen LogP contribution in [0, 0.1) is 0 Å². The molecule has 1 aromatic heterocycles. The van der Waals surface area contributed by atoms with Gasteiger partial charge in [-0.1, -0.05) is 46.5 Å². The first-order chi connectivity index (χ1) is 8.48. The molecule has 18 heavy (non-hydrogen) atoms. The maximum atomic E-state index is 5.92. The van der Waals surface area contributed by atoms with E-state index in [1.54, 1.807) is 11.3 Å². The first-order valence-corrected chi connectivity index (χ1v) is 7.87. The zero-order valence-corrected chi connectivity index (χ0v) is 12.9. The molecule has 0 aliphatic heterocycles. The second kappa shape index (κ2) is 5.30. The SMILES string of the molecule is COC1(c2nc(C(C)(C)C)cs2)CCCCCC1. The third-order valence-electron chi connectivity index (χ3n) is 3.96. The number of nitrogens with zero attached hydrogens (tertiary/aromatic N) is 1. The summed E-state index contributed by atoms with van der Waals surface area (Å²) >= 11 is 1.78. The molecule has 1 fully saturated rings. The minimum Gasteiger partial charge on any atom is -0.371 e. The van der Waals surface area contributed by atoms with E-state index in [1.807, 2.05) is 7.11 Å². The summed E-state index contributed by atoms with van der Waals surface area (Å²) in [5, 5.41) is 3.40. The molecule has 0 radical (unpaired) electrons. The van der Waals surface area contributed by atoms with Crippen molar-refractivity contribution in [2.75, 3.05) is 7.11 Å². The Bertz CT molecular complexity index is 383. The normalized spacial score (nSPS) is 20.7. The predicted octanol–water partition coefficient (Wildman–Crippen LogP) is 4.64. The fourth-order valence-corrected chi connectivity index (χ4v) is 3.92. The van der Waals surface area contributed by atoms with Gasteiger partial charge in [-0.15, -0.1) is 11.3 Å². The van der Waals surface area contributed by atoms with E-state index in [-0.39, 0.29) is 11.0 Å².